The number of aliphatic carboxylic acids is 1. The third kappa shape index (κ3) is 4.33. The summed E-state index contributed by atoms with van der Waals surface area (Å²) in [4.78, 5) is 22.2. The minimum atomic E-state index is -3.08. The molecular weight excluding hydrogens is 246 g/mol. The maximum absolute atomic E-state index is 11.7. The summed E-state index contributed by atoms with van der Waals surface area (Å²) in [5.41, 5.74) is 0. The van der Waals surface area contributed by atoms with Crippen molar-refractivity contribution in [2.75, 3.05) is 11.5 Å². The average molecular weight is 263 g/mol. The Kier molecular flexibility index (Phi) is 4.50. The minimum Gasteiger partial charge on any atom is -0.481 e. The quantitative estimate of drug-likeness (QED) is 0.715. The summed E-state index contributed by atoms with van der Waals surface area (Å²) in [6, 6.07) is -0.427. The predicted molar refractivity (Wildman–Crippen MR) is 61.2 cm³/mol. The first-order valence-electron chi connectivity index (χ1n) is 5.56. The summed E-state index contributed by atoms with van der Waals surface area (Å²) in [6.07, 6.45) is 0.705. The molecule has 0 aromatic rings. The van der Waals surface area contributed by atoms with Crippen molar-refractivity contribution in [2.45, 2.75) is 32.2 Å². The number of amides is 1. The van der Waals surface area contributed by atoms with E-state index in [1.807, 2.05) is 0 Å². The maximum atomic E-state index is 11.7. The van der Waals surface area contributed by atoms with Crippen LogP contribution in [0.4, 0.5) is 0 Å². The number of carbonyl (C=O) groups excluding carboxylic acids is 1. The van der Waals surface area contributed by atoms with E-state index in [9.17, 15) is 18.0 Å². The van der Waals surface area contributed by atoms with Gasteiger partial charge in [0.2, 0.25) is 5.91 Å². The normalized spacial score (nSPS) is 24.2. The molecule has 2 atom stereocenters. The molecule has 0 saturated carbocycles. The SMILES string of the molecule is CCC(CC(=O)O)NC(=O)C1CCS(=O)(=O)C1. The van der Waals surface area contributed by atoms with Gasteiger partial charge in [0.25, 0.3) is 0 Å². The number of rotatable bonds is 5. The topological polar surface area (TPSA) is 101 Å². The number of carboxylic acid groups (broad SMARTS) is 1. The Labute approximate surface area is 100 Å². The van der Waals surface area contributed by atoms with Gasteiger partial charge in [-0.25, -0.2) is 8.42 Å². The highest BCUT2D eigenvalue weighted by atomic mass is 32.2. The first-order chi connectivity index (χ1) is 7.84. The number of nitrogens with one attached hydrogen (secondary N) is 1. The minimum absolute atomic E-state index is 0.0425. The molecule has 1 heterocycles. The first kappa shape index (κ1) is 14.0. The van der Waals surface area contributed by atoms with Crippen molar-refractivity contribution in [1.82, 2.24) is 5.32 Å². The second kappa shape index (κ2) is 5.48. The number of sulfone groups is 1. The van der Waals surface area contributed by atoms with Crippen LogP contribution in [-0.2, 0) is 19.4 Å². The standard InChI is InChI=1S/C10H17NO5S/c1-2-8(5-9(12)13)11-10(14)7-3-4-17(15,16)6-7/h7-8H,2-6H2,1H3,(H,11,14)(H,12,13). The summed E-state index contributed by atoms with van der Waals surface area (Å²) in [6.45, 7) is 1.78. The van der Waals surface area contributed by atoms with Crippen molar-refractivity contribution >= 4 is 21.7 Å². The van der Waals surface area contributed by atoms with E-state index in [0.29, 0.717) is 12.8 Å². The molecule has 0 aromatic heterocycles. The number of carboxylic acids is 1. The van der Waals surface area contributed by atoms with E-state index in [-0.39, 0.29) is 23.8 Å². The Hall–Kier alpha value is -1.11. The summed E-state index contributed by atoms with van der Waals surface area (Å²) >= 11 is 0. The lowest BCUT2D eigenvalue weighted by Crippen LogP contribution is -2.40. The fourth-order valence-electron chi connectivity index (χ4n) is 1.83. The molecule has 7 heteroatoms. The Bertz CT molecular complexity index is 403. The summed E-state index contributed by atoms with van der Waals surface area (Å²) in [7, 11) is -3.08. The number of carbonyl (C=O) groups is 2. The Morgan fingerprint density at radius 2 is 2.12 bits per heavy atom. The van der Waals surface area contributed by atoms with E-state index < -0.39 is 27.8 Å². The average Bonchev–Trinajstić information content (AvgIpc) is 2.57. The van der Waals surface area contributed by atoms with Crippen LogP contribution in [0.5, 0.6) is 0 Å². The van der Waals surface area contributed by atoms with Crippen LogP contribution >= 0.6 is 0 Å². The van der Waals surface area contributed by atoms with Crippen LogP contribution in [0.1, 0.15) is 26.2 Å². The zero-order valence-electron chi connectivity index (χ0n) is 9.68. The van der Waals surface area contributed by atoms with Gasteiger partial charge in [-0.2, -0.15) is 0 Å². The molecule has 0 aromatic carbocycles. The summed E-state index contributed by atoms with van der Waals surface area (Å²) in [5.74, 6) is -1.93. The smallest absolute Gasteiger partial charge is 0.305 e. The van der Waals surface area contributed by atoms with Crippen molar-refractivity contribution in [3.8, 4) is 0 Å². The number of hydrogen-bond acceptors (Lipinski definition) is 4. The molecule has 2 N–H and O–H groups in total. The van der Waals surface area contributed by atoms with Crippen molar-refractivity contribution in [3.05, 3.63) is 0 Å². The Morgan fingerprint density at radius 1 is 1.47 bits per heavy atom. The summed E-state index contributed by atoms with van der Waals surface area (Å²) < 4.78 is 22.4. The molecule has 0 aliphatic carbocycles. The molecule has 0 bridgehead atoms. The van der Waals surface area contributed by atoms with Gasteiger partial charge in [0, 0.05) is 6.04 Å². The van der Waals surface area contributed by atoms with Crippen LogP contribution < -0.4 is 5.32 Å². The lowest BCUT2D eigenvalue weighted by atomic mass is 10.1. The largest absolute Gasteiger partial charge is 0.481 e. The van der Waals surface area contributed by atoms with Crippen molar-refractivity contribution in [3.63, 3.8) is 0 Å². The van der Waals surface area contributed by atoms with E-state index in [0.717, 1.165) is 0 Å². The van der Waals surface area contributed by atoms with Crippen LogP contribution in [0.2, 0.25) is 0 Å². The van der Waals surface area contributed by atoms with Crippen molar-refractivity contribution < 1.29 is 23.1 Å². The third-order valence-corrected chi connectivity index (χ3v) is 4.63. The van der Waals surface area contributed by atoms with Gasteiger partial charge in [0.05, 0.1) is 23.8 Å². The molecule has 98 valence electrons. The predicted octanol–water partition coefficient (Wildman–Crippen LogP) is -0.209. The van der Waals surface area contributed by atoms with Gasteiger partial charge in [0.15, 0.2) is 9.84 Å². The highest BCUT2D eigenvalue weighted by molar-refractivity contribution is 7.91. The lowest BCUT2D eigenvalue weighted by Gasteiger charge is -2.17. The molecule has 1 amide bonds. The van der Waals surface area contributed by atoms with Gasteiger partial charge >= 0.3 is 5.97 Å². The lowest BCUT2D eigenvalue weighted by molar-refractivity contribution is -0.137. The maximum Gasteiger partial charge on any atom is 0.305 e. The van der Waals surface area contributed by atoms with E-state index >= 15 is 0 Å². The Morgan fingerprint density at radius 3 is 2.53 bits per heavy atom. The van der Waals surface area contributed by atoms with Crippen LogP contribution in [0.25, 0.3) is 0 Å². The second-order valence-electron chi connectivity index (χ2n) is 4.31. The van der Waals surface area contributed by atoms with Crippen LogP contribution in [0.3, 0.4) is 0 Å². The molecular formula is C10H17NO5S. The van der Waals surface area contributed by atoms with Crippen molar-refractivity contribution in [2.24, 2.45) is 5.92 Å². The van der Waals surface area contributed by atoms with Gasteiger partial charge in [0.1, 0.15) is 0 Å². The zero-order chi connectivity index (χ0) is 13.1. The number of hydrogen-bond donors (Lipinski definition) is 2. The molecule has 2 unspecified atom stereocenters. The third-order valence-electron chi connectivity index (χ3n) is 2.86. The molecule has 1 rings (SSSR count). The van der Waals surface area contributed by atoms with Gasteiger partial charge in [-0.15, -0.1) is 0 Å². The molecule has 17 heavy (non-hydrogen) atoms. The van der Waals surface area contributed by atoms with E-state index in [2.05, 4.69) is 5.32 Å². The monoisotopic (exact) mass is 263 g/mol. The first-order valence-corrected chi connectivity index (χ1v) is 7.38. The van der Waals surface area contributed by atoms with Crippen LogP contribution in [0.15, 0.2) is 0 Å². The fraction of sp³-hybridized carbons (Fsp3) is 0.800. The fourth-order valence-corrected chi connectivity index (χ4v) is 3.57. The molecule has 0 radical (unpaired) electrons. The van der Waals surface area contributed by atoms with Crippen molar-refractivity contribution in [1.29, 1.82) is 0 Å². The summed E-state index contributed by atoms with van der Waals surface area (Å²) in [5, 5.41) is 11.2. The van der Waals surface area contributed by atoms with Gasteiger partial charge in [-0.1, -0.05) is 6.92 Å². The van der Waals surface area contributed by atoms with E-state index in [1.165, 1.54) is 0 Å². The van der Waals surface area contributed by atoms with Crippen LogP contribution in [-0.4, -0.2) is 42.9 Å². The second-order valence-corrected chi connectivity index (χ2v) is 6.54. The van der Waals surface area contributed by atoms with E-state index in [4.69, 9.17) is 5.11 Å². The Balaban J connectivity index is 2.51. The van der Waals surface area contributed by atoms with Crippen LogP contribution in [0, 0.1) is 5.92 Å². The highest BCUT2D eigenvalue weighted by Gasteiger charge is 2.33. The zero-order valence-corrected chi connectivity index (χ0v) is 10.5. The highest BCUT2D eigenvalue weighted by Crippen LogP contribution is 2.18. The van der Waals surface area contributed by atoms with Gasteiger partial charge in [-0.05, 0) is 12.8 Å². The van der Waals surface area contributed by atoms with E-state index in [1.54, 1.807) is 6.92 Å². The molecule has 6 nitrogen and oxygen atoms in total. The van der Waals surface area contributed by atoms with Gasteiger partial charge < -0.3 is 10.4 Å². The molecule has 1 fully saturated rings. The molecule has 1 saturated heterocycles. The molecule has 1 aliphatic rings. The molecule has 1 aliphatic heterocycles. The molecule has 0 spiro atoms. The van der Waals surface area contributed by atoms with Gasteiger partial charge in [-0.3, -0.25) is 9.59 Å².